The molecule has 2 nitrogen and oxygen atoms in total. The highest BCUT2D eigenvalue weighted by Crippen LogP contribution is 2.54. The summed E-state index contributed by atoms with van der Waals surface area (Å²) in [4.78, 5) is 0. The minimum atomic E-state index is 0.325. The van der Waals surface area contributed by atoms with Crippen molar-refractivity contribution in [1.82, 2.24) is 0 Å². The number of hydrogen-bond acceptors (Lipinski definition) is 2. The summed E-state index contributed by atoms with van der Waals surface area (Å²) >= 11 is 0. The topological polar surface area (TPSA) is 35.2 Å². The smallest absolute Gasteiger partial charge is 0.122 e. The lowest BCUT2D eigenvalue weighted by atomic mass is 9.88. The molecule has 0 bridgehead atoms. The predicted octanol–water partition coefficient (Wildman–Crippen LogP) is 2.38. The van der Waals surface area contributed by atoms with Gasteiger partial charge in [0.15, 0.2) is 0 Å². The van der Waals surface area contributed by atoms with Gasteiger partial charge >= 0.3 is 0 Å². The third-order valence-corrected chi connectivity index (χ3v) is 3.46. The van der Waals surface area contributed by atoms with Gasteiger partial charge in [-0.3, -0.25) is 0 Å². The number of aryl methyl sites for hydroxylation is 1. The molecule has 0 saturated heterocycles. The minimum Gasteiger partial charge on any atom is -0.496 e. The Morgan fingerprint density at radius 1 is 1.40 bits per heavy atom. The van der Waals surface area contributed by atoms with Crippen LogP contribution >= 0.6 is 0 Å². The lowest BCUT2D eigenvalue weighted by Crippen LogP contribution is -2.15. The number of benzene rings is 1. The molecule has 0 unspecified atom stereocenters. The second-order valence-corrected chi connectivity index (χ2v) is 4.47. The lowest BCUT2D eigenvalue weighted by molar-refractivity contribution is 0.401. The molecule has 2 heteroatoms. The van der Waals surface area contributed by atoms with E-state index in [2.05, 4.69) is 25.1 Å². The summed E-state index contributed by atoms with van der Waals surface area (Å²) in [5, 5.41) is 0. The molecule has 0 radical (unpaired) electrons. The monoisotopic (exact) mass is 205 g/mol. The van der Waals surface area contributed by atoms with Crippen molar-refractivity contribution in [2.75, 3.05) is 13.7 Å². The fourth-order valence-electron chi connectivity index (χ4n) is 2.54. The molecule has 2 N–H and O–H groups in total. The Bertz CT molecular complexity index is 356. The van der Waals surface area contributed by atoms with Crippen molar-refractivity contribution in [3.8, 4) is 5.75 Å². The zero-order valence-electron chi connectivity index (χ0n) is 9.55. The standard InChI is InChI=1S/C13H19NO/c1-10-4-3-5-11(15-2)12(10)13(6-7-13)8-9-14/h3-5H,6-9,14H2,1-2H3. The maximum absolute atomic E-state index is 5.69. The molecule has 2 rings (SSSR count). The molecule has 0 aromatic heterocycles. The maximum Gasteiger partial charge on any atom is 0.122 e. The van der Waals surface area contributed by atoms with Crippen molar-refractivity contribution in [2.24, 2.45) is 5.73 Å². The van der Waals surface area contributed by atoms with Gasteiger partial charge in [0.25, 0.3) is 0 Å². The van der Waals surface area contributed by atoms with Gasteiger partial charge in [-0.2, -0.15) is 0 Å². The zero-order chi connectivity index (χ0) is 10.9. The van der Waals surface area contributed by atoms with E-state index in [1.807, 2.05) is 0 Å². The fourth-order valence-corrected chi connectivity index (χ4v) is 2.54. The van der Waals surface area contributed by atoms with E-state index in [0.717, 1.165) is 18.7 Å². The molecule has 0 amide bonds. The summed E-state index contributed by atoms with van der Waals surface area (Å²) < 4.78 is 5.46. The van der Waals surface area contributed by atoms with Gasteiger partial charge in [-0.1, -0.05) is 12.1 Å². The molecule has 1 aliphatic carbocycles. The van der Waals surface area contributed by atoms with Gasteiger partial charge in [-0.25, -0.2) is 0 Å². The molecule has 0 heterocycles. The van der Waals surface area contributed by atoms with Gasteiger partial charge in [0.1, 0.15) is 5.75 Å². The maximum atomic E-state index is 5.69. The highest BCUT2D eigenvalue weighted by molar-refractivity contribution is 5.48. The van der Waals surface area contributed by atoms with E-state index in [-0.39, 0.29) is 0 Å². The average Bonchev–Trinajstić information content (AvgIpc) is 2.98. The molecule has 1 aliphatic rings. The number of rotatable bonds is 4. The van der Waals surface area contributed by atoms with E-state index in [1.165, 1.54) is 24.0 Å². The van der Waals surface area contributed by atoms with Crippen LogP contribution in [0.3, 0.4) is 0 Å². The van der Waals surface area contributed by atoms with Crippen LogP contribution in [0.15, 0.2) is 18.2 Å². The van der Waals surface area contributed by atoms with Crippen LogP contribution in [0, 0.1) is 6.92 Å². The molecular formula is C13H19NO. The number of ether oxygens (including phenoxy) is 1. The molecule has 82 valence electrons. The van der Waals surface area contributed by atoms with Gasteiger partial charge in [0.05, 0.1) is 7.11 Å². The van der Waals surface area contributed by atoms with Crippen molar-refractivity contribution >= 4 is 0 Å². The van der Waals surface area contributed by atoms with Gasteiger partial charge < -0.3 is 10.5 Å². The second-order valence-electron chi connectivity index (χ2n) is 4.47. The van der Waals surface area contributed by atoms with Gasteiger partial charge in [0, 0.05) is 11.0 Å². The Morgan fingerprint density at radius 3 is 2.67 bits per heavy atom. The van der Waals surface area contributed by atoms with Gasteiger partial charge in [-0.15, -0.1) is 0 Å². The number of nitrogens with two attached hydrogens (primary N) is 1. The quantitative estimate of drug-likeness (QED) is 0.819. The summed E-state index contributed by atoms with van der Waals surface area (Å²) in [6.45, 7) is 2.92. The summed E-state index contributed by atoms with van der Waals surface area (Å²) in [7, 11) is 1.75. The SMILES string of the molecule is COc1cccc(C)c1C1(CCN)CC1. The molecular weight excluding hydrogens is 186 g/mol. The zero-order valence-corrected chi connectivity index (χ0v) is 9.55. The van der Waals surface area contributed by atoms with Crippen molar-refractivity contribution in [3.63, 3.8) is 0 Å². The van der Waals surface area contributed by atoms with E-state index >= 15 is 0 Å². The third kappa shape index (κ3) is 1.74. The molecule has 1 aromatic rings. The van der Waals surface area contributed by atoms with E-state index in [0.29, 0.717) is 5.41 Å². The first-order valence-corrected chi connectivity index (χ1v) is 5.58. The summed E-state index contributed by atoms with van der Waals surface area (Å²) in [5.74, 6) is 1.03. The van der Waals surface area contributed by atoms with Crippen LogP contribution in [0.2, 0.25) is 0 Å². The molecule has 1 aromatic carbocycles. The van der Waals surface area contributed by atoms with E-state index in [1.54, 1.807) is 7.11 Å². The van der Waals surface area contributed by atoms with Crippen molar-refractivity contribution in [2.45, 2.75) is 31.6 Å². The predicted molar refractivity (Wildman–Crippen MR) is 62.3 cm³/mol. The average molecular weight is 205 g/mol. The Labute approximate surface area is 91.4 Å². The Kier molecular flexibility index (Phi) is 2.70. The van der Waals surface area contributed by atoms with Crippen LogP contribution in [0.4, 0.5) is 0 Å². The molecule has 0 atom stereocenters. The molecule has 0 spiro atoms. The van der Waals surface area contributed by atoms with Crippen LogP contribution in [0.1, 0.15) is 30.4 Å². The highest BCUT2D eigenvalue weighted by Gasteiger charge is 2.45. The van der Waals surface area contributed by atoms with Crippen molar-refractivity contribution < 1.29 is 4.74 Å². The summed E-state index contributed by atoms with van der Waals surface area (Å²) in [6, 6.07) is 6.27. The molecule has 1 saturated carbocycles. The van der Waals surface area contributed by atoms with Crippen LogP contribution in [-0.4, -0.2) is 13.7 Å². The fraction of sp³-hybridized carbons (Fsp3) is 0.538. The first kappa shape index (κ1) is 10.5. The minimum absolute atomic E-state index is 0.325. The number of hydrogen-bond donors (Lipinski definition) is 1. The summed E-state index contributed by atoms with van der Waals surface area (Å²) in [5.41, 5.74) is 8.74. The molecule has 15 heavy (non-hydrogen) atoms. The normalized spacial score (nSPS) is 17.5. The third-order valence-electron chi connectivity index (χ3n) is 3.46. The van der Waals surface area contributed by atoms with Crippen LogP contribution in [0.5, 0.6) is 5.75 Å². The Balaban J connectivity index is 2.42. The Hall–Kier alpha value is -1.02. The van der Waals surface area contributed by atoms with E-state index in [4.69, 9.17) is 10.5 Å². The second kappa shape index (κ2) is 3.86. The Morgan fingerprint density at radius 2 is 2.13 bits per heavy atom. The van der Waals surface area contributed by atoms with E-state index in [9.17, 15) is 0 Å². The van der Waals surface area contributed by atoms with E-state index < -0.39 is 0 Å². The lowest BCUT2D eigenvalue weighted by Gasteiger charge is -2.20. The van der Waals surface area contributed by atoms with Crippen LogP contribution in [-0.2, 0) is 5.41 Å². The van der Waals surface area contributed by atoms with Gasteiger partial charge in [-0.05, 0) is 44.4 Å². The van der Waals surface area contributed by atoms with Crippen molar-refractivity contribution in [1.29, 1.82) is 0 Å². The van der Waals surface area contributed by atoms with Crippen molar-refractivity contribution in [3.05, 3.63) is 29.3 Å². The summed E-state index contributed by atoms with van der Waals surface area (Å²) in [6.07, 6.45) is 3.59. The molecule has 0 aliphatic heterocycles. The van der Waals surface area contributed by atoms with Crippen LogP contribution < -0.4 is 10.5 Å². The number of methoxy groups -OCH3 is 1. The largest absolute Gasteiger partial charge is 0.496 e. The van der Waals surface area contributed by atoms with Crippen LogP contribution in [0.25, 0.3) is 0 Å². The first-order valence-electron chi connectivity index (χ1n) is 5.58. The molecule has 1 fully saturated rings. The highest BCUT2D eigenvalue weighted by atomic mass is 16.5. The first-order chi connectivity index (χ1) is 7.23. The van der Waals surface area contributed by atoms with Gasteiger partial charge in [0.2, 0.25) is 0 Å².